The molecule has 0 aliphatic rings. The van der Waals surface area contributed by atoms with Gasteiger partial charge in [-0.25, -0.2) is 12.4 Å². The highest BCUT2D eigenvalue weighted by molar-refractivity contribution is 7.90. The van der Waals surface area contributed by atoms with Crippen LogP contribution in [0.1, 0.15) is 26.4 Å². The minimum atomic E-state index is -4.05. The molecule has 2 heterocycles. The van der Waals surface area contributed by atoms with Crippen molar-refractivity contribution in [1.82, 2.24) is 3.97 Å². The number of benzene rings is 3. The summed E-state index contributed by atoms with van der Waals surface area (Å²) >= 11 is 0. The summed E-state index contributed by atoms with van der Waals surface area (Å²) in [5.41, 5.74) is 1.20. The van der Waals surface area contributed by atoms with E-state index >= 15 is 0 Å². The molecule has 0 fully saturated rings. The lowest BCUT2D eigenvalue weighted by atomic mass is 10.1. The van der Waals surface area contributed by atoms with Gasteiger partial charge in [-0.2, -0.15) is 4.57 Å². The second kappa shape index (κ2) is 11.1. The second-order valence-corrected chi connectivity index (χ2v) is 10.2. The van der Waals surface area contributed by atoms with Crippen molar-refractivity contribution in [2.24, 2.45) is 0 Å². The molecular weight excluding hydrogens is 568 g/mol. The molecule has 5 rings (SSSR count). The quantitative estimate of drug-likeness (QED) is 0.201. The molecule has 192 valence electrons. The van der Waals surface area contributed by atoms with Gasteiger partial charge >= 0.3 is 0 Å². The van der Waals surface area contributed by atoms with Gasteiger partial charge in [0.15, 0.2) is 12.4 Å². The van der Waals surface area contributed by atoms with Crippen LogP contribution in [0.4, 0.5) is 0 Å². The first-order valence-corrected chi connectivity index (χ1v) is 12.9. The smallest absolute Gasteiger partial charge is 0.268 e. The molecule has 38 heavy (non-hydrogen) atoms. The van der Waals surface area contributed by atoms with Gasteiger partial charge in [-0.3, -0.25) is 9.59 Å². The first-order chi connectivity index (χ1) is 17.9. The van der Waals surface area contributed by atoms with Crippen LogP contribution >= 0.6 is 0 Å². The monoisotopic (exact) mass is 590 g/mol. The average molecular weight is 591 g/mol. The number of hydrogen-bond acceptors (Lipinski definition) is 5. The van der Waals surface area contributed by atoms with Crippen LogP contribution in [0.25, 0.3) is 10.9 Å². The van der Waals surface area contributed by atoms with Crippen molar-refractivity contribution in [2.75, 3.05) is 7.11 Å². The molecule has 0 atom stereocenters. The van der Waals surface area contributed by atoms with E-state index in [1.54, 1.807) is 109 Å². The Morgan fingerprint density at radius 2 is 1.53 bits per heavy atom. The van der Waals surface area contributed by atoms with E-state index in [-0.39, 0.29) is 45.5 Å². The highest BCUT2D eigenvalue weighted by Gasteiger charge is 2.28. The van der Waals surface area contributed by atoms with E-state index in [1.807, 2.05) is 0 Å². The van der Waals surface area contributed by atoms with Crippen molar-refractivity contribution >= 4 is 32.5 Å². The van der Waals surface area contributed by atoms with Crippen molar-refractivity contribution in [1.29, 1.82) is 0 Å². The molecule has 0 aliphatic heterocycles. The van der Waals surface area contributed by atoms with E-state index in [1.165, 1.54) is 12.1 Å². The lowest BCUT2D eigenvalue weighted by molar-refractivity contribution is -0.683. The lowest BCUT2D eigenvalue weighted by Gasteiger charge is -2.11. The number of fused-ring (bicyclic) bond motifs is 1. The van der Waals surface area contributed by atoms with Crippen LogP contribution in [-0.2, 0) is 16.6 Å². The summed E-state index contributed by atoms with van der Waals surface area (Å²) in [6.45, 7) is 0.0126. The maximum absolute atomic E-state index is 13.7. The molecule has 0 bridgehead atoms. The number of carbonyl (C=O) groups is 2. The average Bonchev–Trinajstić information content (AvgIpc) is 3.34. The Labute approximate surface area is 230 Å². The van der Waals surface area contributed by atoms with Crippen LogP contribution in [-0.4, -0.2) is 31.1 Å². The SMILES string of the molecule is COc1ccc(C(=O)C[n+]2cccc(C(=O)c3cc4ccccc4n3S(=O)(=O)c3ccccc3)c2)cc1.[Br-]. The number of para-hydroxylation sites is 1. The Morgan fingerprint density at radius 1 is 0.842 bits per heavy atom. The van der Waals surface area contributed by atoms with Gasteiger partial charge in [0.05, 0.1) is 23.1 Å². The van der Waals surface area contributed by atoms with Gasteiger partial charge in [0.1, 0.15) is 11.4 Å². The number of Topliss-reactive ketones (excluding diaryl/α,β-unsaturated/α-hetero) is 1. The van der Waals surface area contributed by atoms with Crippen molar-refractivity contribution in [3.8, 4) is 5.75 Å². The fourth-order valence-electron chi connectivity index (χ4n) is 4.18. The maximum Gasteiger partial charge on any atom is 0.268 e. The van der Waals surface area contributed by atoms with Crippen LogP contribution in [0.5, 0.6) is 5.75 Å². The van der Waals surface area contributed by atoms with Gasteiger partial charge in [-0.15, -0.1) is 0 Å². The predicted molar refractivity (Wildman–Crippen MR) is 138 cm³/mol. The molecule has 9 heteroatoms. The minimum Gasteiger partial charge on any atom is -1.00 e. The number of pyridine rings is 1. The highest BCUT2D eigenvalue weighted by Crippen LogP contribution is 2.27. The molecule has 0 radical (unpaired) electrons. The molecule has 7 nitrogen and oxygen atoms in total. The summed E-state index contributed by atoms with van der Waals surface area (Å²) in [6, 6.07) is 26.6. The van der Waals surface area contributed by atoms with Gasteiger partial charge in [0, 0.05) is 17.0 Å². The Hall–Kier alpha value is -4.08. The van der Waals surface area contributed by atoms with E-state index in [0.717, 1.165) is 3.97 Å². The van der Waals surface area contributed by atoms with E-state index in [4.69, 9.17) is 4.74 Å². The Bertz CT molecular complexity index is 1730. The normalized spacial score (nSPS) is 11.1. The van der Waals surface area contributed by atoms with Crippen molar-refractivity contribution < 1.29 is 44.3 Å². The number of hydrogen-bond donors (Lipinski definition) is 0. The molecule has 3 aromatic carbocycles. The third-order valence-electron chi connectivity index (χ3n) is 6.04. The zero-order valence-corrected chi connectivity index (χ0v) is 22.7. The van der Waals surface area contributed by atoms with E-state index < -0.39 is 15.8 Å². The van der Waals surface area contributed by atoms with Crippen molar-refractivity contribution in [2.45, 2.75) is 11.4 Å². The van der Waals surface area contributed by atoms with Crippen LogP contribution in [0, 0.1) is 0 Å². The summed E-state index contributed by atoms with van der Waals surface area (Å²) in [4.78, 5) is 26.6. The van der Waals surface area contributed by atoms with Crippen molar-refractivity contribution in [3.63, 3.8) is 0 Å². The Balaban J connectivity index is 0.00000336. The molecular formula is C29H23BrN2O5S. The van der Waals surface area contributed by atoms with Crippen molar-refractivity contribution in [3.05, 3.63) is 126 Å². The van der Waals surface area contributed by atoms with Gasteiger partial charge in [0.2, 0.25) is 18.1 Å². The predicted octanol–water partition coefficient (Wildman–Crippen LogP) is 1.29. The van der Waals surface area contributed by atoms with Crippen LogP contribution in [0.15, 0.2) is 114 Å². The fraction of sp³-hybridized carbons (Fsp3) is 0.0690. The number of nitrogens with zero attached hydrogens (tertiary/aromatic N) is 2. The van der Waals surface area contributed by atoms with Crippen LogP contribution < -0.4 is 26.3 Å². The van der Waals surface area contributed by atoms with Gasteiger partial charge in [-0.05, 0) is 54.6 Å². The molecule has 0 aliphatic carbocycles. The van der Waals surface area contributed by atoms with Gasteiger partial charge in [0.25, 0.3) is 10.0 Å². The minimum absolute atomic E-state index is 0. The topological polar surface area (TPSA) is 86.3 Å². The largest absolute Gasteiger partial charge is 1.00 e. The summed E-state index contributed by atoms with van der Waals surface area (Å²) in [5, 5.41) is 0.629. The number of aromatic nitrogens is 2. The molecule has 5 aromatic rings. The summed E-state index contributed by atoms with van der Waals surface area (Å²) < 4.78 is 35.1. The number of ketones is 2. The van der Waals surface area contributed by atoms with Gasteiger partial charge in [-0.1, -0.05) is 36.4 Å². The number of methoxy groups -OCH3 is 1. The molecule has 0 unspecified atom stereocenters. The number of halogens is 1. The Kier molecular flexibility index (Phi) is 7.89. The zero-order valence-electron chi connectivity index (χ0n) is 20.3. The number of carbonyl (C=O) groups excluding carboxylic acids is 2. The highest BCUT2D eigenvalue weighted by atomic mass is 79.9. The number of ether oxygens (including phenoxy) is 1. The molecule has 0 amide bonds. The second-order valence-electron chi connectivity index (χ2n) is 8.42. The standard InChI is InChI=1S/C29H23N2O5S.BrH/c1-36-24-15-13-21(14-16-24)28(32)20-30-17-7-9-23(19-30)29(33)27-18-22-8-5-6-12-26(22)31(27)37(34,35)25-10-3-2-4-11-25;/h2-19H,20H2,1H3;1H/q+1;/p-1. The third kappa shape index (κ3) is 5.16. The van der Waals surface area contributed by atoms with E-state index in [9.17, 15) is 18.0 Å². The van der Waals surface area contributed by atoms with Gasteiger partial charge < -0.3 is 21.7 Å². The first kappa shape index (κ1) is 27.0. The molecule has 2 aromatic heterocycles. The van der Waals surface area contributed by atoms with E-state index in [2.05, 4.69) is 0 Å². The van der Waals surface area contributed by atoms with Crippen LogP contribution in [0.2, 0.25) is 0 Å². The molecule has 0 saturated heterocycles. The lowest BCUT2D eigenvalue weighted by Crippen LogP contribution is -3.00. The Morgan fingerprint density at radius 3 is 2.24 bits per heavy atom. The first-order valence-electron chi connectivity index (χ1n) is 11.5. The van der Waals surface area contributed by atoms with Crippen LogP contribution in [0.3, 0.4) is 0 Å². The molecule has 0 saturated carbocycles. The molecule has 0 N–H and O–H groups in total. The zero-order chi connectivity index (χ0) is 26.0. The fourth-order valence-corrected chi connectivity index (χ4v) is 5.71. The number of rotatable bonds is 8. The summed E-state index contributed by atoms with van der Waals surface area (Å²) in [7, 11) is -2.50. The maximum atomic E-state index is 13.7. The third-order valence-corrected chi connectivity index (χ3v) is 7.78. The van der Waals surface area contributed by atoms with E-state index in [0.29, 0.717) is 22.2 Å². The summed E-state index contributed by atoms with van der Waals surface area (Å²) in [5.74, 6) is 0.0395. The summed E-state index contributed by atoms with van der Waals surface area (Å²) in [6.07, 6.45) is 3.25. The molecule has 0 spiro atoms.